The molecule has 0 radical (unpaired) electrons. The lowest BCUT2D eigenvalue weighted by atomic mass is 10.1. The number of hydrogen-bond donors (Lipinski definition) is 2. The predicted molar refractivity (Wildman–Crippen MR) is 114 cm³/mol. The maximum Gasteiger partial charge on any atom is 0.257 e. The molecule has 0 atom stereocenters. The lowest BCUT2D eigenvalue weighted by molar-refractivity contribution is 0.102. The van der Waals surface area contributed by atoms with E-state index in [1.165, 1.54) is 24.0 Å². The van der Waals surface area contributed by atoms with Gasteiger partial charge in [-0.3, -0.25) is 14.6 Å². The highest BCUT2D eigenvalue weighted by molar-refractivity contribution is 6.08. The van der Waals surface area contributed by atoms with Crippen molar-refractivity contribution in [2.24, 2.45) is 0 Å². The standard InChI is InChI=1S/C23H23N3O3/c1-3-16-5-7-19(8-6-16)25-22(27)17-13-18(15-24-14-17)23(28)26-20-9-11-21(12-10-20)29-4-2/h5-15H,3-4H2,1-2H3,(H,25,27)(H,26,28). The first-order chi connectivity index (χ1) is 14.1. The first-order valence-corrected chi connectivity index (χ1v) is 9.48. The summed E-state index contributed by atoms with van der Waals surface area (Å²) in [6.45, 7) is 4.56. The number of hydrogen-bond acceptors (Lipinski definition) is 4. The molecule has 6 heteroatoms. The Morgan fingerprint density at radius 2 is 1.34 bits per heavy atom. The van der Waals surface area contributed by atoms with Crippen LogP contribution >= 0.6 is 0 Å². The number of carbonyl (C=O) groups is 2. The molecule has 1 heterocycles. The second kappa shape index (κ2) is 9.50. The minimum absolute atomic E-state index is 0.299. The number of pyridine rings is 1. The first-order valence-electron chi connectivity index (χ1n) is 9.48. The maximum atomic E-state index is 12.5. The van der Waals surface area contributed by atoms with Gasteiger partial charge in [0, 0.05) is 23.8 Å². The van der Waals surface area contributed by atoms with Crippen molar-refractivity contribution in [3.05, 3.63) is 83.7 Å². The van der Waals surface area contributed by atoms with Crippen molar-refractivity contribution in [3.8, 4) is 5.75 Å². The molecule has 2 N–H and O–H groups in total. The molecule has 0 aliphatic rings. The fraction of sp³-hybridized carbons (Fsp3) is 0.174. The molecule has 0 aliphatic carbocycles. The molecule has 1 aromatic heterocycles. The van der Waals surface area contributed by atoms with Crippen molar-refractivity contribution in [1.29, 1.82) is 0 Å². The minimum atomic E-state index is -0.344. The normalized spacial score (nSPS) is 10.3. The van der Waals surface area contributed by atoms with Crippen LogP contribution in [0.25, 0.3) is 0 Å². The molecule has 2 aromatic carbocycles. The molecule has 3 rings (SSSR count). The fourth-order valence-corrected chi connectivity index (χ4v) is 2.72. The number of aryl methyl sites for hydroxylation is 1. The Bertz CT molecular complexity index is 983. The molecule has 29 heavy (non-hydrogen) atoms. The summed E-state index contributed by atoms with van der Waals surface area (Å²) in [5.41, 5.74) is 3.12. The van der Waals surface area contributed by atoms with Gasteiger partial charge in [-0.15, -0.1) is 0 Å². The van der Waals surface area contributed by atoms with Gasteiger partial charge in [0.15, 0.2) is 0 Å². The monoisotopic (exact) mass is 389 g/mol. The van der Waals surface area contributed by atoms with Crippen LogP contribution in [-0.2, 0) is 6.42 Å². The zero-order valence-electron chi connectivity index (χ0n) is 16.4. The van der Waals surface area contributed by atoms with Crippen LogP contribution in [-0.4, -0.2) is 23.4 Å². The Kier molecular flexibility index (Phi) is 6.58. The smallest absolute Gasteiger partial charge is 0.257 e. The number of nitrogens with zero attached hydrogens (tertiary/aromatic N) is 1. The number of carbonyl (C=O) groups excluding carboxylic acids is 2. The van der Waals surface area contributed by atoms with Gasteiger partial charge in [0.2, 0.25) is 0 Å². The van der Waals surface area contributed by atoms with Gasteiger partial charge in [0.1, 0.15) is 5.75 Å². The highest BCUT2D eigenvalue weighted by atomic mass is 16.5. The number of aromatic nitrogens is 1. The van der Waals surface area contributed by atoms with E-state index in [0.29, 0.717) is 29.1 Å². The zero-order chi connectivity index (χ0) is 20.6. The number of anilines is 2. The summed E-state index contributed by atoms with van der Waals surface area (Å²) in [7, 11) is 0. The van der Waals surface area contributed by atoms with E-state index in [1.54, 1.807) is 24.3 Å². The quantitative estimate of drug-likeness (QED) is 0.621. The van der Waals surface area contributed by atoms with Crippen molar-refractivity contribution in [3.63, 3.8) is 0 Å². The molecule has 0 fully saturated rings. The molecule has 0 bridgehead atoms. The Morgan fingerprint density at radius 3 is 1.83 bits per heavy atom. The summed E-state index contributed by atoms with van der Waals surface area (Å²) in [4.78, 5) is 29.1. The van der Waals surface area contributed by atoms with Crippen LogP contribution in [0.3, 0.4) is 0 Å². The summed E-state index contributed by atoms with van der Waals surface area (Å²) >= 11 is 0. The van der Waals surface area contributed by atoms with E-state index in [-0.39, 0.29) is 11.8 Å². The summed E-state index contributed by atoms with van der Waals surface area (Å²) in [6, 6.07) is 16.2. The van der Waals surface area contributed by atoms with Gasteiger partial charge >= 0.3 is 0 Å². The zero-order valence-corrected chi connectivity index (χ0v) is 16.4. The molecule has 0 saturated heterocycles. The molecular formula is C23H23N3O3. The van der Waals surface area contributed by atoms with Crippen LogP contribution in [0.1, 0.15) is 40.1 Å². The topological polar surface area (TPSA) is 80.3 Å². The predicted octanol–water partition coefficient (Wildman–Crippen LogP) is 4.55. The van der Waals surface area contributed by atoms with Crippen molar-refractivity contribution < 1.29 is 14.3 Å². The average Bonchev–Trinajstić information content (AvgIpc) is 2.76. The second-order valence-electron chi connectivity index (χ2n) is 6.38. The summed E-state index contributed by atoms with van der Waals surface area (Å²) in [6.07, 6.45) is 3.80. The SMILES string of the molecule is CCOc1ccc(NC(=O)c2cncc(C(=O)Nc3ccc(CC)cc3)c2)cc1. The molecule has 0 unspecified atom stereocenters. The first kappa shape index (κ1) is 20.1. The Balaban J connectivity index is 1.67. The number of nitrogens with one attached hydrogen (secondary N) is 2. The fourth-order valence-electron chi connectivity index (χ4n) is 2.72. The molecule has 0 spiro atoms. The van der Waals surface area contributed by atoms with Gasteiger partial charge in [-0.25, -0.2) is 0 Å². The van der Waals surface area contributed by atoms with E-state index < -0.39 is 0 Å². The number of amides is 2. The van der Waals surface area contributed by atoms with Crippen LogP contribution in [0.4, 0.5) is 11.4 Å². The highest BCUT2D eigenvalue weighted by Crippen LogP contribution is 2.17. The molecule has 2 amide bonds. The van der Waals surface area contributed by atoms with Crippen molar-refractivity contribution >= 4 is 23.2 Å². The molecule has 0 saturated carbocycles. The van der Waals surface area contributed by atoms with Crippen LogP contribution < -0.4 is 15.4 Å². The van der Waals surface area contributed by atoms with E-state index in [1.807, 2.05) is 31.2 Å². The number of benzene rings is 2. The summed E-state index contributed by atoms with van der Waals surface area (Å²) in [5.74, 6) is 0.0684. The lowest BCUT2D eigenvalue weighted by Crippen LogP contribution is -2.16. The third kappa shape index (κ3) is 5.42. The van der Waals surface area contributed by atoms with E-state index in [4.69, 9.17) is 4.74 Å². The van der Waals surface area contributed by atoms with Gasteiger partial charge in [-0.2, -0.15) is 0 Å². The molecule has 3 aromatic rings. The Hall–Kier alpha value is -3.67. The Labute approximate surface area is 169 Å². The van der Waals surface area contributed by atoms with E-state index >= 15 is 0 Å². The van der Waals surface area contributed by atoms with Gasteiger partial charge in [0.25, 0.3) is 11.8 Å². The number of ether oxygens (including phenoxy) is 1. The Morgan fingerprint density at radius 1 is 0.828 bits per heavy atom. The van der Waals surface area contributed by atoms with Crippen LogP contribution in [0, 0.1) is 0 Å². The van der Waals surface area contributed by atoms with Crippen LogP contribution in [0.15, 0.2) is 67.0 Å². The van der Waals surface area contributed by atoms with Gasteiger partial charge in [0.05, 0.1) is 17.7 Å². The third-order valence-corrected chi connectivity index (χ3v) is 4.31. The minimum Gasteiger partial charge on any atom is -0.494 e. The summed E-state index contributed by atoms with van der Waals surface area (Å²) in [5, 5.41) is 5.61. The van der Waals surface area contributed by atoms with Crippen molar-refractivity contribution in [2.75, 3.05) is 17.2 Å². The molecule has 148 valence electrons. The highest BCUT2D eigenvalue weighted by Gasteiger charge is 2.12. The number of rotatable bonds is 7. The lowest BCUT2D eigenvalue weighted by Gasteiger charge is -2.09. The van der Waals surface area contributed by atoms with E-state index in [0.717, 1.165) is 12.2 Å². The van der Waals surface area contributed by atoms with E-state index in [9.17, 15) is 9.59 Å². The average molecular weight is 389 g/mol. The van der Waals surface area contributed by atoms with Crippen molar-refractivity contribution in [1.82, 2.24) is 4.98 Å². The van der Waals surface area contributed by atoms with Gasteiger partial charge in [-0.05, 0) is 61.4 Å². The molecule has 0 aliphatic heterocycles. The van der Waals surface area contributed by atoms with Crippen LogP contribution in [0.5, 0.6) is 5.75 Å². The van der Waals surface area contributed by atoms with Crippen LogP contribution in [0.2, 0.25) is 0 Å². The van der Waals surface area contributed by atoms with Gasteiger partial charge in [-0.1, -0.05) is 19.1 Å². The third-order valence-electron chi connectivity index (χ3n) is 4.31. The van der Waals surface area contributed by atoms with Crippen molar-refractivity contribution in [2.45, 2.75) is 20.3 Å². The summed E-state index contributed by atoms with van der Waals surface area (Å²) < 4.78 is 5.39. The van der Waals surface area contributed by atoms with Gasteiger partial charge < -0.3 is 15.4 Å². The van der Waals surface area contributed by atoms with E-state index in [2.05, 4.69) is 22.5 Å². The molecule has 6 nitrogen and oxygen atoms in total. The maximum absolute atomic E-state index is 12.5. The second-order valence-corrected chi connectivity index (χ2v) is 6.38. The largest absolute Gasteiger partial charge is 0.494 e. The molecular weight excluding hydrogens is 366 g/mol.